The molecular formula is C12H23N3O4. The molecule has 1 atom stereocenters. The summed E-state index contributed by atoms with van der Waals surface area (Å²) >= 11 is 0. The molecule has 19 heavy (non-hydrogen) atoms. The highest BCUT2D eigenvalue weighted by molar-refractivity contribution is 5.86. The zero-order chi connectivity index (χ0) is 15.0. The molecule has 0 aliphatic carbocycles. The first-order valence-corrected chi connectivity index (χ1v) is 6.29. The predicted octanol–water partition coefficient (Wildman–Crippen LogP) is 0.310. The highest BCUT2D eigenvalue weighted by Gasteiger charge is 2.21. The van der Waals surface area contributed by atoms with Gasteiger partial charge in [-0.05, 0) is 26.2 Å². The van der Waals surface area contributed by atoms with Crippen LogP contribution in [0.25, 0.3) is 0 Å². The van der Waals surface area contributed by atoms with E-state index in [1.54, 1.807) is 13.8 Å². The molecule has 4 N–H and O–H groups in total. The fourth-order valence-corrected chi connectivity index (χ4v) is 1.44. The van der Waals surface area contributed by atoms with Crippen LogP contribution in [0.5, 0.6) is 0 Å². The summed E-state index contributed by atoms with van der Waals surface area (Å²) in [6.07, 6.45) is 0.334. The van der Waals surface area contributed by atoms with Crippen LogP contribution in [0.3, 0.4) is 0 Å². The lowest BCUT2D eigenvalue weighted by atomic mass is 10.0. The van der Waals surface area contributed by atoms with E-state index in [1.165, 1.54) is 0 Å². The Labute approximate surface area is 113 Å². The van der Waals surface area contributed by atoms with Gasteiger partial charge >= 0.3 is 12.0 Å². The van der Waals surface area contributed by atoms with Gasteiger partial charge in [0.1, 0.15) is 6.04 Å². The Morgan fingerprint density at radius 3 is 2.05 bits per heavy atom. The zero-order valence-electron chi connectivity index (χ0n) is 11.8. The summed E-state index contributed by atoms with van der Waals surface area (Å²) in [5.41, 5.74) is 0. The van der Waals surface area contributed by atoms with Crippen molar-refractivity contribution in [3.63, 3.8) is 0 Å². The van der Waals surface area contributed by atoms with E-state index in [2.05, 4.69) is 16.0 Å². The summed E-state index contributed by atoms with van der Waals surface area (Å²) in [5, 5.41) is 16.2. The maximum Gasteiger partial charge on any atom is 0.326 e. The molecule has 0 saturated carbocycles. The van der Waals surface area contributed by atoms with Gasteiger partial charge in [-0.1, -0.05) is 13.8 Å². The Balaban J connectivity index is 4.13. The van der Waals surface area contributed by atoms with Crippen LogP contribution >= 0.6 is 0 Å². The quantitative estimate of drug-likeness (QED) is 0.535. The molecule has 0 fully saturated rings. The van der Waals surface area contributed by atoms with Crippen molar-refractivity contribution in [1.82, 2.24) is 16.0 Å². The van der Waals surface area contributed by atoms with E-state index >= 15 is 0 Å². The van der Waals surface area contributed by atoms with E-state index in [4.69, 9.17) is 5.11 Å². The van der Waals surface area contributed by atoms with Gasteiger partial charge in [-0.25, -0.2) is 9.59 Å². The third kappa shape index (κ3) is 8.87. The van der Waals surface area contributed by atoms with Crippen molar-refractivity contribution in [3.05, 3.63) is 0 Å². The van der Waals surface area contributed by atoms with Crippen molar-refractivity contribution in [1.29, 1.82) is 0 Å². The smallest absolute Gasteiger partial charge is 0.326 e. The minimum absolute atomic E-state index is 0.00919. The van der Waals surface area contributed by atoms with Crippen molar-refractivity contribution in [2.45, 2.75) is 46.2 Å². The molecule has 0 saturated heterocycles. The Bertz CT molecular complexity index is 329. The largest absolute Gasteiger partial charge is 0.480 e. The highest BCUT2D eigenvalue weighted by atomic mass is 16.4. The van der Waals surface area contributed by atoms with Crippen molar-refractivity contribution < 1.29 is 19.5 Å². The summed E-state index contributed by atoms with van der Waals surface area (Å²) in [4.78, 5) is 33.7. The SMILES string of the molecule is CC(C)CC(NC(=O)NCC(=O)NC(C)C)C(=O)O. The molecule has 0 heterocycles. The fourth-order valence-electron chi connectivity index (χ4n) is 1.44. The van der Waals surface area contributed by atoms with Crippen molar-refractivity contribution in [2.24, 2.45) is 5.92 Å². The first kappa shape index (κ1) is 17.2. The number of hydrogen-bond acceptors (Lipinski definition) is 3. The Hall–Kier alpha value is -1.79. The van der Waals surface area contributed by atoms with Crippen LogP contribution in [0, 0.1) is 5.92 Å². The molecule has 0 radical (unpaired) electrons. The molecule has 7 nitrogen and oxygen atoms in total. The first-order chi connectivity index (χ1) is 8.72. The molecule has 110 valence electrons. The number of carbonyl (C=O) groups excluding carboxylic acids is 2. The zero-order valence-corrected chi connectivity index (χ0v) is 11.8. The summed E-state index contributed by atoms with van der Waals surface area (Å²) < 4.78 is 0. The van der Waals surface area contributed by atoms with E-state index in [-0.39, 0.29) is 24.4 Å². The second-order valence-electron chi connectivity index (χ2n) is 5.07. The van der Waals surface area contributed by atoms with Gasteiger partial charge in [0.15, 0.2) is 0 Å². The molecule has 0 aliphatic rings. The van der Waals surface area contributed by atoms with Crippen LogP contribution < -0.4 is 16.0 Å². The topological polar surface area (TPSA) is 108 Å². The third-order valence-corrected chi connectivity index (χ3v) is 2.17. The molecule has 0 aromatic carbocycles. The highest BCUT2D eigenvalue weighted by Crippen LogP contribution is 2.04. The number of aliphatic carboxylic acids is 1. The van der Waals surface area contributed by atoms with Gasteiger partial charge in [0.25, 0.3) is 0 Å². The Morgan fingerprint density at radius 2 is 1.63 bits per heavy atom. The number of carbonyl (C=O) groups is 3. The van der Waals surface area contributed by atoms with Crippen molar-refractivity contribution in [2.75, 3.05) is 6.54 Å². The number of hydrogen-bond donors (Lipinski definition) is 4. The van der Waals surface area contributed by atoms with Crippen molar-refractivity contribution >= 4 is 17.9 Å². The predicted molar refractivity (Wildman–Crippen MR) is 70.7 cm³/mol. The van der Waals surface area contributed by atoms with Gasteiger partial charge in [-0.3, -0.25) is 4.79 Å². The minimum atomic E-state index is -1.09. The number of rotatable bonds is 7. The van der Waals surface area contributed by atoms with E-state index in [0.717, 1.165) is 0 Å². The molecule has 3 amide bonds. The first-order valence-electron chi connectivity index (χ1n) is 6.29. The summed E-state index contributed by atoms with van der Waals surface area (Å²) in [6, 6.07) is -1.62. The molecule has 1 unspecified atom stereocenters. The number of amides is 3. The lowest BCUT2D eigenvalue weighted by Gasteiger charge is -2.17. The van der Waals surface area contributed by atoms with Crippen LogP contribution in [0.2, 0.25) is 0 Å². The van der Waals surface area contributed by atoms with E-state index in [9.17, 15) is 14.4 Å². The lowest BCUT2D eigenvalue weighted by molar-refractivity contribution is -0.139. The molecule has 0 aliphatic heterocycles. The monoisotopic (exact) mass is 273 g/mol. The molecular weight excluding hydrogens is 250 g/mol. The molecule has 0 aromatic rings. The van der Waals surface area contributed by atoms with Crippen LogP contribution in [0.4, 0.5) is 4.79 Å². The number of urea groups is 1. The Morgan fingerprint density at radius 1 is 1.05 bits per heavy atom. The molecule has 0 bridgehead atoms. The summed E-state index contributed by atoms with van der Waals surface area (Å²) in [5.74, 6) is -1.26. The Kier molecular flexibility index (Phi) is 7.55. The standard InChI is InChI=1S/C12H23N3O4/c1-7(2)5-9(11(17)18)15-12(19)13-6-10(16)14-8(3)4/h7-9H,5-6H2,1-4H3,(H,14,16)(H,17,18)(H2,13,15,19). The van der Waals surface area contributed by atoms with Crippen LogP contribution in [-0.2, 0) is 9.59 Å². The van der Waals surface area contributed by atoms with Crippen LogP contribution in [0.1, 0.15) is 34.1 Å². The van der Waals surface area contributed by atoms with E-state index in [1.807, 2.05) is 13.8 Å². The molecule has 0 spiro atoms. The number of carboxylic acids is 1. The van der Waals surface area contributed by atoms with E-state index < -0.39 is 18.0 Å². The maximum absolute atomic E-state index is 11.5. The fraction of sp³-hybridized carbons (Fsp3) is 0.750. The molecule has 7 heteroatoms. The van der Waals surface area contributed by atoms with Crippen LogP contribution in [-0.4, -0.2) is 41.6 Å². The van der Waals surface area contributed by atoms with E-state index in [0.29, 0.717) is 6.42 Å². The second-order valence-corrected chi connectivity index (χ2v) is 5.07. The average Bonchev–Trinajstić information content (AvgIpc) is 2.23. The van der Waals surface area contributed by atoms with Gasteiger partial charge in [0.05, 0.1) is 6.54 Å². The van der Waals surface area contributed by atoms with Crippen LogP contribution in [0.15, 0.2) is 0 Å². The van der Waals surface area contributed by atoms with Gasteiger partial charge in [-0.15, -0.1) is 0 Å². The second kappa shape index (κ2) is 8.34. The third-order valence-electron chi connectivity index (χ3n) is 2.17. The van der Waals surface area contributed by atoms with Crippen molar-refractivity contribution in [3.8, 4) is 0 Å². The molecule has 0 rings (SSSR count). The maximum atomic E-state index is 11.5. The number of carboxylic acid groups (broad SMARTS) is 1. The van der Waals surface area contributed by atoms with Gasteiger partial charge in [0, 0.05) is 6.04 Å². The summed E-state index contributed by atoms with van der Waals surface area (Å²) in [7, 11) is 0. The minimum Gasteiger partial charge on any atom is -0.480 e. The van der Waals surface area contributed by atoms with Gasteiger partial charge in [-0.2, -0.15) is 0 Å². The number of nitrogens with one attached hydrogen (secondary N) is 3. The lowest BCUT2D eigenvalue weighted by Crippen LogP contribution is -2.49. The summed E-state index contributed by atoms with van der Waals surface area (Å²) in [6.45, 7) is 7.16. The van der Waals surface area contributed by atoms with Gasteiger partial charge in [0.2, 0.25) is 5.91 Å². The van der Waals surface area contributed by atoms with Gasteiger partial charge < -0.3 is 21.1 Å². The average molecular weight is 273 g/mol. The normalized spacial score (nSPS) is 12.1. The molecule has 0 aromatic heterocycles.